The molecule has 4 N–H and O–H groups in total. The average Bonchev–Trinajstić information content (AvgIpc) is 3.09. The maximum absolute atomic E-state index is 12.2. The van der Waals surface area contributed by atoms with E-state index in [1.54, 1.807) is 41.5 Å². The molecule has 160 valence electrons. The number of hydrogen-bond donors (Lipinski definition) is 4. The van der Waals surface area contributed by atoms with Crippen LogP contribution in [0.3, 0.4) is 0 Å². The van der Waals surface area contributed by atoms with Crippen molar-refractivity contribution in [3.8, 4) is 0 Å². The molecule has 0 amide bonds. The van der Waals surface area contributed by atoms with Gasteiger partial charge in [-0.25, -0.2) is 9.59 Å². The van der Waals surface area contributed by atoms with Gasteiger partial charge in [0.05, 0.1) is 25.4 Å². The molecule has 2 heterocycles. The SMILES string of the molecule is Cc1[nH]c(C(=O)OCCCOC(=O)c2[nH]c(C)c([C@@H](C)O)c2C)c(C)c1[C@H](C)O. The predicted molar refractivity (Wildman–Crippen MR) is 107 cm³/mol. The second-order valence-corrected chi connectivity index (χ2v) is 7.30. The Morgan fingerprint density at radius 3 is 1.41 bits per heavy atom. The van der Waals surface area contributed by atoms with Crippen molar-refractivity contribution in [2.24, 2.45) is 0 Å². The topological polar surface area (TPSA) is 125 Å². The molecule has 2 rings (SSSR count). The number of carbonyl (C=O) groups excluding carboxylic acids is 2. The Kier molecular flexibility index (Phi) is 7.26. The highest BCUT2D eigenvalue weighted by atomic mass is 16.5. The molecule has 8 nitrogen and oxygen atoms in total. The molecular weight excluding hydrogens is 376 g/mol. The maximum Gasteiger partial charge on any atom is 0.355 e. The second kappa shape index (κ2) is 9.28. The highest BCUT2D eigenvalue weighted by Gasteiger charge is 2.22. The summed E-state index contributed by atoms with van der Waals surface area (Å²) in [5, 5.41) is 19.6. The molecule has 8 heteroatoms. The first-order chi connectivity index (χ1) is 13.6. The van der Waals surface area contributed by atoms with Crippen molar-refractivity contribution in [3.05, 3.63) is 45.0 Å². The third kappa shape index (κ3) is 4.89. The average molecular weight is 406 g/mol. The molecule has 2 aromatic heterocycles. The molecule has 29 heavy (non-hydrogen) atoms. The molecule has 0 radical (unpaired) electrons. The molecule has 0 bridgehead atoms. The van der Waals surface area contributed by atoms with E-state index < -0.39 is 24.1 Å². The van der Waals surface area contributed by atoms with Crippen LogP contribution in [0, 0.1) is 27.7 Å². The van der Waals surface area contributed by atoms with Crippen molar-refractivity contribution < 1.29 is 29.3 Å². The molecule has 0 unspecified atom stereocenters. The van der Waals surface area contributed by atoms with Crippen LogP contribution in [0.2, 0.25) is 0 Å². The monoisotopic (exact) mass is 406 g/mol. The van der Waals surface area contributed by atoms with Gasteiger partial charge in [0.25, 0.3) is 0 Å². The zero-order valence-corrected chi connectivity index (χ0v) is 17.8. The molecule has 0 aromatic carbocycles. The largest absolute Gasteiger partial charge is 0.461 e. The van der Waals surface area contributed by atoms with E-state index in [0.29, 0.717) is 40.1 Å². The van der Waals surface area contributed by atoms with Crippen LogP contribution >= 0.6 is 0 Å². The standard InChI is InChI=1S/C21H30N2O6/c1-10-16(14(5)24)12(3)22-18(10)20(26)28-8-7-9-29-21(27)19-11(2)17(15(6)25)13(4)23-19/h14-15,22-25H,7-9H2,1-6H3/t14-,15+. The lowest BCUT2D eigenvalue weighted by molar-refractivity contribution is 0.0388. The first-order valence-corrected chi connectivity index (χ1v) is 9.64. The summed E-state index contributed by atoms with van der Waals surface area (Å²) in [6.07, 6.45) is -1.01. The molecule has 0 aliphatic carbocycles. The summed E-state index contributed by atoms with van der Waals surface area (Å²) < 4.78 is 10.5. The Labute approximate surface area is 170 Å². The van der Waals surface area contributed by atoms with Crippen molar-refractivity contribution in [1.82, 2.24) is 9.97 Å². The molecule has 0 aliphatic rings. The number of ether oxygens (including phenoxy) is 2. The van der Waals surface area contributed by atoms with Gasteiger partial charge in [0.15, 0.2) is 0 Å². The molecular formula is C21H30N2O6. The zero-order chi connectivity index (χ0) is 21.9. The highest BCUT2D eigenvalue weighted by molar-refractivity contribution is 5.90. The van der Waals surface area contributed by atoms with E-state index >= 15 is 0 Å². The van der Waals surface area contributed by atoms with Gasteiger partial charge in [-0.2, -0.15) is 0 Å². The summed E-state index contributed by atoms with van der Waals surface area (Å²) in [5.74, 6) is -1.03. The van der Waals surface area contributed by atoms with E-state index in [1.165, 1.54) is 0 Å². The Bertz CT molecular complexity index is 819. The number of rotatable bonds is 8. The van der Waals surface area contributed by atoms with Gasteiger partial charge >= 0.3 is 11.9 Å². The number of aryl methyl sites for hydroxylation is 2. The second-order valence-electron chi connectivity index (χ2n) is 7.30. The lowest BCUT2D eigenvalue weighted by Gasteiger charge is -2.07. The van der Waals surface area contributed by atoms with Gasteiger partial charge in [-0.1, -0.05) is 0 Å². The van der Waals surface area contributed by atoms with Crippen molar-refractivity contribution >= 4 is 11.9 Å². The van der Waals surface area contributed by atoms with E-state index in [4.69, 9.17) is 9.47 Å². The maximum atomic E-state index is 12.2. The molecule has 0 saturated heterocycles. The van der Waals surface area contributed by atoms with Crippen LogP contribution in [-0.2, 0) is 9.47 Å². The van der Waals surface area contributed by atoms with Gasteiger partial charge in [0.2, 0.25) is 0 Å². The number of aromatic nitrogens is 2. The molecule has 0 aliphatic heterocycles. The van der Waals surface area contributed by atoms with Gasteiger partial charge in [-0.15, -0.1) is 0 Å². The number of aromatic amines is 2. The molecule has 0 saturated carbocycles. The van der Waals surface area contributed by atoms with Crippen LogP contribution in [0.25, 0.3) is 0 Å². The molecule has 2 aromatic rings. The van der Waals surface area contributed by atoms with Crippen LogP contribution in [0.15, 0.2) is 0 Å². The van der Waals surface area contributed by atoms with Gasteiger partial charge in [-0.3, -0.25) is 0 Å². The third-order valence-corrected chi connectivity index (χ3v) is 4.99. The highest BCUT2D eigenvalue weighted by Crippen LogP contribution is 2.26. The lowest BCUT2D eigenvalue weighted by Crippen LogP contribution is -2.13. The number of aliphatic hydroxyl groups excluding tert-OH is 2. The third-order valence-electron chi connectivity index (χ3n) is 4.99. The van der Waals surface area contributed by atoms with Gasteiger partial charge in [0, 0.05) is 28.9 Å². The Hall–Kier alpha value is -2.58. The molecule has 0 spiro atoms. The minimum Gasteiger partial charge on any atom is -0.461 e. The Morgan fingerprint density at radius 1 is 0.793 bits per heavy atom. The minimum atomic E-state index is -0.679. The number of aliphatic hydroxyl groups is 2. The summed E-state index contributed by atoms with van der Waals surface area (Å²) in [6.45, 7) is 10.6. The summed E-state index contributed by atoms with van der Waals surface area (Å²) in [7, 11) is 0. The Morgan fingerprint density at radius 2 is 1.14 bits per heavy atom. The normalized spacial score (nSPS) is 13.2. The van der Waals surface area contributed by atoms with E-state index in [9.17, 15) is 19.8 Å². The summed E-state index contributed by atoms with van der Waals surface area (Å²) in [6, 6.07) is 0. The van der Waals surface area contributed by atoms with E-state index in [1.807, 2.05) is 0 Å². The van der Waals surface area contributed by atoms with Crippen LogP contribution in [0.1, 0.15) is 87.1 Å². The smallest absolute Gasteiger partial charge is 0.355 e. The number of H-pyrrole nitrogens is 2. The summed E-state index contributed by atoms with van der Waals surface area (Å²) >= 11 is 0. The van der Waals surface area contributed by atoms with Crippen molar-refractivity contribution in [3.63, 3.8) is 0 Å². The van der Waals surface area contributed by atoms with Crippen molar-refractivity contribution in [1.29, 1.82) is 0 Å². The number of nitrogens with one attached hydrogen (secondary N) is 2. The number of esters is 2. The quantitative estimate of drug-likeness (QED) is 0.394. The van der Waals surface area contributed by atoms with E-state index in [-0.39, 0.29) is 13.2 Å². The molecule has 0 fully saturated rings. The lowest BCUT2D eigenvalue weighted by atomic mass is 10.1. The van der Waals surface area contributed by atoms with E-state index in [2.05, 4.69) is 9.97 Å². The van der Waals surface area contributed by atoms with Crippen molar-refractivity contribution in [2.45, 2.75) is 60.2 Å². The first-order valence-electron chi connectivity index (χ1n) is 9.64. The number of hydrogen-bond acceptors (Lipinski definition) is 6. The van der Waals surface area contributed by atoms with Crippen molar-refractivity contribution in [2.75, 3.05) is 13.2 Å². The number of carbonyl (C=O) groups is 2. The zero-order valence-electron chi connectivity index (χ0n) is 17.8. The summed E-state index contributed by atoms with van der Waals surface area (Å²) in [4.78, 5) is 30.4. The molecule has 2 atom stereocenters. The first kappa shape index (κ1) is 22.7. The van der Waals surface area contributed by atoms with Crippen LogP contribution in [-0.4, -0.2) is 45.3 Å². The van der Waals surface area contributed by atoms with Crippen LogP contribution in [0.4, 0.5) is 0 Å². The fourth-order valence-corrected chi connectivity index (χ4v) is 3.72. The fourth-order valence-electron chi connectivity index (χ4n) is 3.72. The summed E-state index contributed by atoms with van der Waals surface area (Å²) in [5.41, 5.74) is 4.81. The fraction of sp³-hybridized carbons (Fsp3) is 0.524. The van der Waals surface area contributed by atoms with Gasteiger partial charge in [-0.05, 0) is 52.7 Å². The predicted octanol–water partition coefficient (Wildman–Crippen LogP) is 3.09. The Balaban J connectivity index is 1.85. The van der Waals surface area contributed by atoms with E-state index in [0.717, 1.165) is 11.4 Å². The minimum absolute atomic E-state index is 0.0926. The van der Waals surface area contributed by atoms with Crippen LogP contribution < -0.4 is 0 Å². The van der Waals surface area contributed by atoms with Crippen LogP contribution in [0.5, 0.6) is 0 Å². The van der Waals surface area contributed by atoms with Gasteiger partial charge < -0.3 is 29.7 Å². The van der Waals surface area contributed by atoms with Gasteiger partial charge in [0.1, 0.15) is 11.4 Å².